The summed E-state index contributed by atoms with van der Waals surface area (Å²) in [5.41, 5.74) is 2.29. The van der Waals surface area contributed by atoms with Crippen molar-refractivity contribution in [3.05, 3.63) is 22.0 Å². The van der Waals surface area contributed by atoms with Gasteiger partial charge < -0.3 is 20.3 Å². The molecule has 0 aromatic carbocycles. The predicted octanol–water partition coefficient (Wildman–Crippen LogP) is 4.25. The van der Waals surface area contributed by atoms with Crippen molar-refractivity contribution in [2.24, 2.45) is 0 Å². The van der Waals surface area contributed by atoms with Gasteiger partial charge in [0, 0.05) is 22.3 Å². The highest BCUT2D eigenvalue weighted by molar-refractivity contribution is 7.19. The third-order valence-corrected chi connectivity index (χ3v) is 7.61. The average molecular weight is 431 g/mol. The molecular formula is C20H26N6OS2. The Morgan fingerprint density at radius 2 is 2.03 bits per heavy atom. The summed E-state index contributed by atoms with van der Waals surface area (Å²) in [6.45, 7) is 1.45. The van der Waals surface area contributed by atoms with Crippen molar-refractivity contribution in [3.63, 3.8) is 0 Å². The van der Waals surface area contributed by atoms with E-state index in [-0.39, 0.29) is 0 Å². The molecule has 2 aliphatic rings. The van der Waals surface area contributed by atoms with Crippen molar-refractivity contribution in [2.75, 3.05) is 31.3 Å². The number of hydrogen-bond donors (Lipinski definition) is 2. The maximum absolute atomic E-state index is 5.68. The molecule has 0 atom stereocenters. The maximum Gasteiger partial charge on any atom is 0.230 e. The predicted molar refractivity (Wildman–Crippen MR) is 120 cm³/mol. The van der Waals surface area contributed by atoms with Crippen LogP contribution in [0.4, 0.5) is 17.5 Å². The highest BCUT2D eigenvalue weighted by Gasteiger charge is 2.26. The van der Waals surface area contributed by atoms with E-state index in [1.165, 1.54) is 53.0 Å². The van der Waals surface area contributed by atoms with Crippen molar-refractivity contribution < 1.29 is 4.74 Å². The molecule has 0 spiro atoms. The summed E-state index contributed by atoms with van der Waals surface area (Å²) in [7, 11) is 4.37. The van der Waals surface area contributed by atoms with Crippen LogP contribution in [0.5, 0.6) is 0 Å². The Balaban J connectivity index is 1.47. The molecule has 1 aliphatic heterocycles. The molecule has 1 saturated carbocycles. The van der Waals surface area contributed by atoms with E-state index in [9.17, 15) is 0 Å². The zero-order valence-corrected chi connectivity index (χ0v) is 18.4. The Kier molecular flexibility index (Phi) is 5.38. The van der Waals surface area contributed by atoms with Crippen molar-refractivity contribution in [1.82, 2.24) is 19.2 Å². The van der Waals surface area contributed by atoms with Crippen LogP contribution in [0.15, 0.2) is 11.6 Å². The van der Waals surface area contributed by atoms with Crippen molar-refractivity contribution in [3.8, 4) is 0 Å². The first kappa shape index (κ1) is 19.2. The molecule has 154 valence electrons. The summed E-state index contributed by atoms with van der Waals surface area (Å²) < 4.78 is 9.84. The first-order valence-electron chi connectivity index (χ1n) is 10.2. The summed E-state index contributed by atoms with van der Waals surface area (Å²) in [4.78, 5) is 14.4. The van der Waals surface area contributed by atoms with Gasteiger partial charge in [0.15, 0.2) is 0 Å². The minimum Gasteiger partial charge on any atom is -0.376 e. The maximum atomic E-state index is 5.68. The smallest absolute Gasteiger partial charge is 0.230 e. The molecule has 7 nitrogen and oxygen atoms in total. The number of hydrogen-bond acceptors (Lipinski definition) is 9. The van der Waals surface area contributed by atoms with Crippen LogP contribution in [-0.2, 0) is 17.8 Å². The van der Waals surface area contributed by atoms with E-state index < -0.39 is 0 Å². The molecule has 0 saturated heterocycles. The molecule has 0 bridgehead atoms. The minimum absolute atomic E-state index is 0.454. The third kappa shape index (κ3) is 3.96. The van der Waals surface area contributed by atoms with Crippen LogP contribution in [0.25, 0.3) is 10.2 Å². The van der Waals surface area contributed by atoms with Crippen LogP contribution in [0.2, 0.25) is 0 Å². The minimum atomic E-state index is 0.454. The van der Waals surface area contributed by atoms with Gasteiger partial charge in [-0.2, -0.15) is 9.36 Å². The summed E-state index contributed by atoms with van der Waals surface area (Å²) in [5, 5.41) is 10.3. The Hall–Kier alpha value is -1.81. The van der Waals surface area contributed by atoms with E-state index >= 15 is 0 Å². The molecule has 4 heterocycles. The average Bonchev–Trinajstić information content (AvgIpc) is 3.35. The van der Waals surface area contributed by atoms with Gasteiger partial charge >= 0.3 is 0 Å². The van der Waals surface area contributed by atoms with Crippen LogP contribution in [0.3, 0.4) is 0 Å². The van der Waals surface area contributed by atoms with E-state index in [0.717, 1.165) is 29.4 Å². The molecule has 0 radical (unpaired) electrons. The molecule has 5 rings (SSSR count). The van der Waals surface area contributed by atoms with E-state index in [2.05, 4.69) is 34.0 Å². The quantitative estimate of drug-likeness (QED) is 0.627. The molecule has 9 heteroatoms. The number of nitrogens with zero attached hydrogens (tertiary/aromatic N) is 4. The number of fused-ring (bicyclic) bond motifs is 3. The van der Waals surface area contributed by atoms with Crippen LogP contribution in [0.1, 0.15) is 36.1 Å². The number of aromatic nitrogens is 3. The van der Waals surface area contributed by atoms with Gasteiger partial charge in [0.05, 0.1) is 30.5 Å². The van der Waals surface area contributed by atoms with Gasteiger partial charge in [-0.1, -0.05) is 0 Å². The molecule has 1 fully saturated rings. The van der Waals surface area contributed by atoms with E-state index in [1.807, 2.05) is 5.38 Å². The van der Waals surface area contributed by atoms with Gasteiger partial charge in [-0.15, -0.1) is 11.3 Å². The van der Waals surface area contributed by atoms with E-state index in [1.54, 1.807) is 17.5 Å². The van der Waals surface area contributed by atoms with E-state index in [4.69, 9.17) is 14.7 Å². The fourth-order valence-corrected chi connectivity index (χ4v) is 5.94. The Labute approximate surface area is 178 Å². The fourth-order valence-electron chi connectivity index (χ4n) is 4.31. The molecule has 2 N–H and O–H groups in total. The van der Waals surface area contributed by atoms with Gasteiger partial charge in [-0.05, 0) is 63.3 Å². The summed E-state index contributed by atoms with van der Waals surface area (Å²) in [5.74, 6) is 1.59. The van der Waals surface area contributed by atoms with Gasteiger partial charge in [0.2, 0.25) is 5.95 Å². The Morgan fingerprint density at radius 3 is 2.79 bits per heavy atom. The lowest BCUT2D eigenvalue weighted by atomic mass is 9.90. The summed E-state index contributed by atoms with van der Waals surface area (Å²) in [6, 6.07) is 1.14. The first-order valence-corrected chi connectivity index (χ1v) is 11.8. The SMILES string of the molecule is CN(C)C1CCC(Nc2nc(Nc3cnsc3)nc3sc4c(c23)CCOC4)CC1. The first-order chi connectivity index (χ1) is 14.2. The highest BCUT2D eigenvalue weighted by Crippen LogP contribution is 2.39. The summed E-state index contributed by atoms with van der Waals surface area (Å²) in [6.07, 6.45) is 7.52. The van der Waals surface area contributed by atoms with Gasteiger partial charge in [0.25, 0.3) is 0 Å². The van der Waals surface area contributed by atoms with Crippen molar-refractivity contribution in [2.45, 2.75) is 50.8 Å². The lowest BCUT2D eigenvalue weighted by molar-refractivity contribution is 0.114. The van der Waals surface area contributed by atoms with Crippen molar-refractivity contribution >= 4 is 50.5 Å². The Bertz CT molecular complexity index is 979. The second-order valence-corrected chi connectivity index (χ2v) is 9.77. The van der Waals surface area contributed by atoms with Crippen LogP contribution in [-0.4, -0.2) is 52.0 Å². The highest BCUT2D eigenvalue weighted by atomic mass is 32.1. The number of rotatable bonds is 5. The van der Waals surface area contributed by atoms with E-state index in [0.29, 0.717) is 24.6 Å². The lowest BCUT2D eigenvalue weighted by Crippen LogP contribution is -2.36. The molecule has 0 amide bonds. The van der Waals surface area contributed by atoms with Gasteiger partial charge in [-0.25, -0.2) is 4.98 Å². The van der Waals surface area contributed by atoms with Crippen molar-refractivity contribution in [1.29, 1.82) is 0 Å². The number of ether oxygens (including phenoxy) is 1. The van der Waals surface area contributed by atoms with Gasteiger partial charge in [0.1, 0.15) is 10.6 Å². The topological polar surface area (TPSA) is 75.2 Å². The lowest BCUT2D eigenvalue weighted by Gasteiger charge is -2.33. The molecule has 1 aliphatic carbocycles. The zero-order valence-electron chi connectivity index (χ0n) is 16.8. The summed E-state index contributed by atoms with van der Waals surface area (Å²) >= 11 is 3.15. The molecule has 3 aromatic rings. The molecule has 29 heavy (non-hydrogen) atoms. The van der Waals surface area contributed by atoms with Crippen LogP contribution < -0.4 is 10.6 Å². The van der Waals surface area contributed by atoms with Gasteiger partial charge in [-0.3, -0.25) is 0 Å². The number of nitrogens with one attached hydrogen (secondary N) is 2. The largest absolute Gasteiger partial charge is 0.376 e. The number of anilines is 3. The molecule has 0 unspecified atom stereocenters. The molecular weight excluding hydrogens is 404 g/mol. The standard InChI is InChI=1S/C20H26N6OS2/c1-26(2)14-5-3-12(4-6-14)22-18-17-15-7-8-27-10-16(15)29-19(17)25-20(24-18)23-13-9-21-28-11-13/h9,11-12,14H,3-8,10H2,1-2H3,(H2,22,23,24,25). The number of thiophene rings is 1. The second-order valence-electron chi connectivity index (χ2n) is 8.03. The Morgan fingerprint density at radius 1 is 1.17 bits per heavy atom. The third-order valence-electron chi connectivity index (χ3n) is 5.92. The van der Waals surface area contributed by atoms with Crippen LogP contribution in [0, 0.1) is 0 Å². The second kappa shape index (κ2) is 8.14. The monoisotopic (exact) mass is 430 g/mol. The fraction of sp³-hybridized carbons (Fsp3) is 0.550. The van der Waals surface area contributed by atoms with Crippen LogP contribution >= 0.6 is 22.9 Å². The molecule has 3 aromatic heterocycles. The normalized spacial score (nSPS) is 22.0. The zero-order chi connectivity index (χ0) is 19.8.